The van der Waals surface area contributed by atoms with Crippen molar-refractivity contribution < 1.29 is 18.3 Å². The van der Waals surface area contributed by atoms with Crippen LogP contribution in [-0.2, 0) is 9.22 Å². The highest BCUT2D eigenvalue weighted by molar-refractivity contribution is 6.74. The number of nitrogens with one attached hydrogen (secondary N) is 1. The lowest BCUT2D eigenvalue weighted by Crippen LogP contribution is -2.60. The number of benzene rings is 1. The Balaban J connectivity index is 1.36. The van der Waals surface area contributed by atoms with E-state index in [0.717, 1.165) is 6.20 Å². The van der Waals surface area contributed by atoms with Crippen LogP contribution in [0.3, 0.4) is 0 Å². The molecule has 1 atom stereocenters. The third kappa shape index (κ3) is 6.40. The average molecular weight is 598 g/mol. The van der Waals surface area contributed by atoms with E-state index in [4.69, 9.17) is 20.8 Å². The van der Waals surface area contributed by atoms with Crippen molar-refractivity contribution in [2.45, 2.75) is 51.1 Å². The number of aromatic nitrogens is 5. The van der Waals surface area contributed by atoms with Gasteiger partial charge < -0.3 is 14.5 Å². The van der Waals surface area contributed by atoms with Crippen LogP contribution < -0.4 is 10.1 Å². The molecule has 1 aliphatic rings. The number of carbonyl (C=O) groups is 1. The average Bonchev–Trinajstić information content (AvgIpc) is 3.32. The molecule has 41 heavy (non-hydrogen) atoms. The van der Waals surface area contributed by atoms with Gasteiger partial charge in [0.15, 0.2) is 20.1 Å². The van der Waals surface area contributed by atoms with Gasteiger partial charge >= 0.3 is 0 Å². The second-order valence-electron chi connectivity index (χ2n) is 11.6. The molecule has 1 N–H and O–H groups in total. The smallest absolute Gasteiger partial charge is 0.268 e. The summed E-state index contributed by atoms with van der Waals surface area (Å²) in [4.78, 5) is 28.2. The monoisotopic (exact) mass is 597 g/mol. The molecule has 10 nitrogen and oxygen atoms in total. The fourth-order valence-electron chi connectivity index (χ4n) is 4.26. The van der Waals surface area contributed by atoms with Crippen LogP contribution in [0.15, 0.2) is 55.1 Å². The standard InChI is InChI=1S/C28H33ClFN7O3Si/c1-28(2,3)41(4,5)40-19-14-36(15-19)16-23(26(38)35-24-11-10-18(30)12-31-24)39-27-20-13-34-37(25(20)32-17-33-27)22-9-7-6-8-21(22)29/h6-13,17,19,23H,14-16H2,1-5H3,(H,31,35,38). The molecule has 1 amide bonds. The molecular weight excluding hydrogens is 565 g/mol. The number of para-hydroxylation sites is 1. The van der Waals surface area contributed by atoms with Crippen molar-refractivity contribution in [1.82, 2.24) is 29.6 Å². The Kier molecular flexibility index (Phi) is 8.10. The van der Waals surface area contributed by atoms with Gasteiger partial charge in [-0.15, -0.1) is 0 Å². The molecule has 0 spiro atoms. The molecule has 0 radical (unpaired) electrons. The Labute approximate surface area is 244 Å². The van der Waals surface area contributed by atoms with Gasteiger partial charge in [0.1, 0.15) is 23.3 Å². The Morgan fingerprint density at radius 2 is 1.90 bits per heavy atom. The molecule has 4 aromatic rings. The maximum Gasteiger partial charge on any atom is 0.268 e. The third-order valence-corrected chi connectivity index (χ3v) is 12.4. The molecule has 0 aliphatic carbocycles. The fourth-order valence-corrected chi connectivity index (χ4v) is 5.81. The summed E-state index contributed by atoms with van der Waals surface area (Å²) in [6, 6.07) is 9.91. The second kappa shape index (κ2) is 11.4. The Bertz CT molecular complexity index is 1540. The molecular formula is C28H33ClFN7O3Si. The molecule has 0 bridgehead atoms. The predicted octanol–water partition coefficient (Wildman–Crippen LogP) is 5.10. The summed E-state index contributed by atoms with van der Waals surface area (Å²) >= 11 is 6.39. The summed E-state index contributed by atoms with van der Waals surface area (Å²) in [7, 11) is -1.92. The van der Waals surface area contributed by atoms with Crippen LogP contribution in [0.5, 0.6) is 5.88 Å². The largest absolute Gasteiger partial charge is 0.462 e. The third-order valence-electron chi connectivity index (χ3n) is 7.55. The Morgan fingerprint density at radius 1 is 1.15 bits per heavy atom. The highest BCUT2D eigenvalue weighted by Gasteiger charge is 2.42. The van der Waals surface area contributed by atoms with Crippen molar-refractivity contribution in [2.75, 3.05) is 25.0 Å². The zero-order valence-corrected chi connectivity index (χ0v) is 25.4. The van der Waals surface area contributed by atoms with E-state index in [2.05, 4.69) is 64.1 Å². The number of fused-ring (bicyclic) bond motifs is 1. The second-order valence-corrected chi connectivity index (χ2v) is 16.8. The van der Waals surface area contributed by atoms with Crippen LogP contribution in [0.4, 0.5) is 10.2 Å². The molecule has 1 unspecified atom stereocenters. The van der Waals surface area contributed by atoms with E-state index in [-0.39, 0.29) is 29.4 Å². The molecule has 3 aromatic heterocycles. The first-order valence-electron chi connectivity index (χ1n) is 13.3. The number of likely N-dealkylation sites (tertiary alicyclic amines) is 1. The van der Waals surface area contributed by atoms with Gasteiger partial charge in [0.2, 0.25) is 5.88 Å². The summed E-state index contributed by atoms with van der Waals surface area (Å²) in [6.07, 6.45) is 3.11. The number of halogens is 2. The van der Waals surface area contributed by atoms with E-state index in [9.17, 15) is 9.18 Å². The van der Waals surface area contributed by atoms with Gasteiger partial charge in [-0.25, -0.2) is 24.0 Å². The van der Waals surface area contributed by atoms with Gasteiger partial charge in [0, 0.05) is 19.6 Å². The number of ether oxygens (including phenoxy) is 1. The van der Waals surface area contributed by atoms with Gasteiger partial charge in [0.25, 0.3) is 5.91 Å². The SMILES string of the molecule is CC(C)(C)[Si](C)(C)OC1CN(CC(Oc2ncnc3c2cnn3-c2ccccc2Cl)C(=O)Nc2ccc(F)cn2)C1. The van der Waals surface area contributed by atoms with Crippen LogP contribution in [0, 0.1) is 5.82 Å². The molecule has 1 aliphatic heterocycles. The minimum atomic E-state index is -1.92. The lowest BCUT2D eigenvalue weighted by Gasteiger charge is -2.46. The fraction of sp³-hybridized carbons (Fsp3) is 0.393. The van der Waals surface area contributed by atoms with Crippen molar-refractivity contribution in [2.24, 2.45) is 0 Å². The minimum Gasteiger partial charge on any atom is -0.462 e. The van der Waals surface area contributed by atoms with Crippen LogP contribution in [0.2, 0.25) is 23.2 Å². The van der Waals surface area contributed by atoms with Crippen LogP contribution >= 0.6 is 11.6 Å². The van der Waals surface area contributed by atoms with Crippen molar-refractivity contribution in [1.29, 1.82) is 0 Å². The first-order valence-corrected chi connectivity index (χ1v) is 16.6. The van der Waals surface area contributed by atoms with Gasteiger partial charge in [-0.1, -0.05) is 44.5 Å². The first kappa shape index (κ1) is 29.1. The molecule has 1 saturated heterocycles. The number of hydrogen-bond acceptors (Lipinski definition) is 8. The van der Waals surface area contributed by atoms with Crippen molar-refractivity contribution in [3.05, 3.63) is 66.0 Å². The van der Waals surface area contributed by atoms with Crippen LogP contribution in [0.1, 0.15) is 20.8 Å². The quantitative estimate of drug-likeness (QED) is 0.266. The number of pyridine rings is 1. The van der Waals surface area contributed by atoms with E-state index < -0.39 is 26.1 Å². The van der Waals surface area contributed by atoms with Gasteiger partial charge in [0.05, 0.1) is 29.2 Å². The maximum absolute atomic E-state index is 13.4. The first-order chi connectivity index (χ1) is 19.4. The number of nitrogens with zero attached hydrogens (tertiary/aromatic N) is 6. The summed E-state index contributed by atoms with van der Waals surface area (Å²) in [5.74, 6) is -0.520. The number of rotatable bonds is 9. The molecule has 0 saturated carbocycles. The lowest BCUT2D eigenvalue weighted by atomic mass is 10.1. The zero-order chi connectivity index (χ0) is 29.4. The zero-order valence-electron chi connectivity index (χ0n) is 23.6. The number of anilines is 1. The minimum absolute atomic E-state index is 0.0954. The predicted molar refractivity (Wildman–Crippen MR) is 157 cm³/mol. The summed E-state index contributed by atoms with van der Waals surface area (Å²) in [5, 5.41) is 8.31. The lowest BCUT2D eigenvalue weighted by molar-refractivity contribution is -0.125. The van der Waals surface area contributed by atoms with E-state index in [1.165, 1.54) is 18.5 Å². The van der Waals surface area contributed by atoms with Gasteiger partial charge in [-0.3, -0.25) is 9.69 Å². The molecule has 13 heteroatoms. The van der Waals surface area contributed by atoms with Crippen molar-refractivity contribution in [3.8, 4) is 11.6 Å². The van der Waals surface area contributed by atoms with Crippen molar-refractivity contribution in [3.63, 3.8) is 0 Å². The van der Waals surface area contributed by atoms with E-state index in [1.807, 2.05) is 18.2 Å². The molecule has 1 aromatic carbocycles. The van der Waals surface area contributed by atoms with Crippen LogP contribution in [-0.4, -0.2) is 75.7 Å². The topological polar surface area (TPSA) is 107 Å². The Hall–Kier alpha value is -3.45. The number of amides is 1. The highest BCUT2D eigenvalue weighted by atomic mass is 35.5. The summed E-state index contributed by atoms with van der Waals surface area (Å²) in [5.41, 5.74) is 1.13. The molecule has 4 heterocycles. The highest BCUT2D eigenvalue weighted by Crippen LogP contribution is 2.38. The van der Waals surface area contributed by atoms with Crippen LogP contribution in [0.25, 0.3) is 16.7 Å². The molecule has 1 fully saturated rings. The number of carbonyl (C=O) groups excluding carboxylic acids is 1. The van der Waals surface area contributed by atoms with E-state index in [1.54, 1.807) is 16.9 Å². The van der Waals surface area contributed by atoms with Gasteiger partial charge in [-0.2, -0.15) is 5.10 Å². The van der Waals surface area contributed by atoms with E-state index in [0.29, 0.717) is 34.8 Å². The normalized spacial score (nSPS) is 15.5. The van der Waals surface area contributed by atoms with Crippen molar-refractivity contribution >= 4 is 42.7 Å². The Morgan fingerprint density at radius 3 is 2.59 bits per heavy atom. The molecule has 216 valence electrons. The molecule has 5 rings (SSSR count). The van der Waals surface area contributed by atoms with Gasteiger partial charge in [-0.05, 0) is 42.4 Å². The summed E-state index contributed by atoms with van der Waals surface area (Å²) in [6.45, 7) is 12.7. The number of hydrogen-bond donors (Lipinski definition) is 1. The summed E-state index contributed by atoms with van der Waals surface area (Å²) < 4.78 is 27.7. The maximum atomic E-state index is 13.4. The van der Waals surface area contributed by atoms with E-state index >= 15 is 0 Å².